The fourth-order valence-electron chi connectivity index (χ4n) is 0. The molecule has 0 rings (SSSR count). The molecule has 5 heavy (non-hydrogen) atoms. The van der Waals surface area contributed by atoms with Gasteiger partial charge in [-0.2, -0.15) is 0 Å². The van der Waals surface area contributed by atoms with Gasteiger partial charge in [0.1, 0.15) is 0 Å². The van der Waals surface area contributed by atoms with E-state index in [2.05, 4.69) is 0 Å². The van der Waals surface area contributed by atoms with E-state index in [1.807, 2.05) is 0 Å². The number of rotatable bonds is 0. The van der Waals surface area contributed by atoms with Crippen LogP contribution in [-0.4, -0.2) is 23.7 Å². The van der Waals surface area contributed by atoms with Crippen LogP contribution in [0.25, 0.3) is 0 Å². The smallest absolute Gasteiger partial charge is 1.00 e. The van der Waals surface area contributed by atoms with Crippen molar-refractivity contribution in [3.05, 3.63) is 0 Å². The van der Waals surface area contributed by atoms with Crippen molar-refractivity contribution < 1.29 is 67.9 Å². The molecule has 0 saturated carbocycles. The molecule has 0 N–H and O–H groups in total. The molecule has 0 fully saturated rings. The van der Waals surface area contributed by atoms with Gasteiger partial charge in [-0.1, -0.05) is 0 Å². The summed E-state index contributed by atoms with van der Waals surface area (Å²) in [5.41, 5.74) is 0. The SMILES string of the molecule is [Br-].[Br-].[Br-].[Br-].[Te+4]. The summed E-state index contributed by atoms with van der Waals surface area (Å²) in [5.74, 6) is 0. The minimum atomic E-state index is 0. The molecular weight excluding hydrogens is 447 g/mol. The Labute approximate surface area is 90.3 Å². The Morgan fingerprint density at radius 3 is 0.400 bits per heavy atom. The average Bonchev–Trinajstić information content (AvgIpc) is 0. The van der Waals surface area contributed by atoms with Crippen LogP contribution in [0.3, 0.4) is 0 Å². The van der Waals surface area contributed by atoms with E-state index in [0.29, 0.717) is 0 Å². The van der Waals surface area contributed by atoms with Crippen LogP contribution in [0.5, 0.6) is 0 Å². The molecule has 5 heteroatoms. The van der Waals surface area contributed by atoms with Gasteiger partial charge in [-0.15, -0.1) is 0 Å². The summed E-state index contributed by atoms with van der Waals surface area (Å²) in [6.07, 6.45) is 0. The van der Waals surface area contributed by atoms with E-state index in [0.717, 1.165) is 0 Å². The predicted molar refractivity (Wildman–Crippen MR) is 5.75 cm³/mol. The normalized spacial score (nSPS) is 0. The maximum atomic E-state index is 0. The van der Waals surface area contributed by atoms with Crippen molar-refractivity contribution in [1.82, 2.24) is 0 Å². The topological polar surface area (TPSA) is 0 Å². The van der Waals surface area contributed by atoms with Crippen molar-refractivity contribution >= 4 is 23.7 Å². The zero-order valence-corrected chi connectivity index (χ0v) is 10.6. The maximum Gasteiger partial charge on any atom is 4.00 e. The molecule has 0 spiro atoms. The molecule has 0 aromatic carbocycles. The monoisotopic (exact) mass is 446 g/mol. The number of halogens is 4. The van der Waals surface area contributed by atoms with Crippen LogP contribution in [0.4, 0.5) is 0 Å². The van der Waals surface area contributed by atoms with Gasteiger partial charge in [-0.3, -0.25) is 0 Å². The molecule has 34 valence electrons. The zero-order chi connectivity index (χ0) is 0. The number of hydrogen-bond donors (Lipinski definition) is 0. The molecule has 0 heterocycles. The second kappa shape index (κ2) is 29.8. The van der Waals surface area contributed by atoms with Crippen LogP contribution >= 0.6 is 0 Å². The fraction of sp³-hybridized carbons (Fsp3) is 0. The van der Waals surface area contributed by atoms with E-state index in [1.54, 1.807) is 0 Å². The first-order chi connectivity index (χ1) is 0. The predicted octanol–water partition coefficient (Wildman–Crippen LogP) is -12.4. The molecule has 0 aromatic rings. The van der Waals surface area contributed by atoms with Crippen molar-refractivity contribution in [3.63, 3.8) is 0 Å². The van der Waals surface area contributed by atoms with Crippen molar-refractivity contribution in [1.29, 1.82) is 0 Å². The van der Waals surface area contributed by atoms with Crippen LogP contribution in [0.1, 0.15) is 0 Å². The van der Waals surface area contributed by atoms with Crippen LogP contribution in [0.2, 0.25) is 0 Å². The molecule has 0 amide bonds. The molecule has 0 saturated heterocycles. The maximum absolute atomic E-state index is 0. The summed E-state index contributed by atoms with van der Waals surface area (Å²) in [7, 11) is 0. The van der Waals surface area contributed by atoms with Crippen LogP contribution < -0.4 is 67.9 Å². The van der Waals surface area contributed by atoms with Gasteiger partial charge in [0.05, 0.1) is 0 Å². The standard InChI is InChI=1S/4BrH.Te/h4*1H;/q;;;;+4/p-4. The van der Waals surface area contributed by atoms with Gasteiger partial charge < -0.3 is 67.9 Å². The summed E-state index contributed by atoms with van der Waals surface area (Å²) in [4.78, 5) is 0. The van der Waals surface area contributed by atoms with Gasteiger partial charge in [0.2, 0.25) is 0 Å². The van der Waals surface area contributed by atoms with Crippen LogP contribution in [0.15, 0.2) is 0 Å². The Balaban J connectivity index is 0. The van der Waals surface area contributed by atoms with E-state index in [-0.39, 0.29) is 91.6 Å². The molecule has 0 aromatic heterocycles. The van der Waals surface area contributed by atoms with Gasteiger partial charge in [0.25, 0.3) is 0 Å². The third-order valence-corrected chi connectivity index (χ3v) is 0. The second-order valence-corrected chi connectivity index (χ2v) is 0. The third-order valence-electron chi connectivity index (χ3n) is 0. The molecule has 0 atom stereocenters. The van der Waals surface area contributed by atoms with E-state index >= 15 is 0 Å². The molecule has 0 aliphatic heterocycles. The van der Waals surface area contributed by atoms with Crippen LogP contribution in [0, 0.1) is 0 Å². The Morgan fingerprint density at radius 2 is 0.400 bits per heavy atom. The first kappa shape index (κ1) is 47.3. The first-order valence-corrected chi connectivity index (χ1v) is 0. The first-order valence-electron chi connectivity index (χ1n) is 0. The quantitative estimate of drug-likeness (QED) is 0.324. The molecule has 0 aliphatic carbocycles. The molecule has 2 radical (unpaired) electrons. The van der Waals surface area contributed by atoms with Crippen molar-refractivity contribution in [2.45, 2.75) is 0 Å². The summed E-state index contributed by atoms with van der Waals surface area (Å²) >= 11 is 0. The Bertz CT molecular complexity index is 3.61. The third kappa shape index (κ3) is 20.3. The van der Waals surface area contributed by atoms with Gasteiger partial charge in [-0.05, 0) is 0 Å². The van der Waals surface area contributed by atoms with E-state index in [1.165, 1.54) is 0 Å². The van der Waals surface area contributed by atoms with Crippen molar-refractivity contribution in [2.75, 3.05) is 0 Å². The average molecular weight is 447 g/mol. The second-order valence-electron chi connectivity index (χ2n) is 0. The Kier molecular flexibility index (Phi) is 282. The molecular formula is Br4Te. The Morgan fingerprint density at radius 1 is 0.400 bits per heavy atom. The minimum Gasteiger partial charge on any atom is -1.00 e. The van der Waals surface area contributed by atoms with Gasteiger partial charge in [0, 0.05) is 0 Å². The number of hydrogen-bond acceptors (Lipinski definition) is 0. The summed E-state index contributed by atoms with van der Waals surface area (Å²) in [6, 6.07) is 0. The van der Waals surface area contributed by atoms with Crippen molar-refractivity contribution in [3.8, 4) is 0 Å². The van der Waals surface area contributed by atoms with E-state index in [9.17, 15) is 0 Å². The molecule has 0 nitrogen and oxygen atoms in total. The minimum absolute atomic E-state index is 0. The van der Waals surface area contributed by atoms with Gasteiger partial charge >= 0.3 is 23.7 Å². The zero-order valence-electron chi connectivity index (χ0n) is 1.92. The summed E-state index contributed by atoms with van der Waals surface area (Å²) in [5, 5.41) is 0. The van der Waals surface area contributed by atoms with Crippen LogP contribution in [-0.2, 0) is 0 Å². The molecule has 0 unspecified atom stereocenters. The van der Waals surface area contributed by atoms with E-state index in [4.69, 9.17) is 0 Å². The molecule has 0 aliphatic rings. The van der Waals surface area contributed by atoms with Gasteiger partial charge in [-0.25, -0.2) is 0 Å². The van der Waals surface area contributed by atoms with Gasteiger partial charge in [0.15, 0.2) is 0 Å². The van der Waals surface area contributed by atoms with Crippen molar-refractivity contribution in [2.24, 2.45) is 0 Å². The van der Waals surface area contributed by atoms with E-state index < -0.39 is 0 Å². The summed E-state index contributed by atoms with van der Waals surface area (Å²) < 4.78 is 0. The summed E-state index contributed by atoms with van der Waals surface area (Å²) in [6.45, 7) is 0. The largest absolute Gasteiger partial charge is 4.00 e. The fourth-order valence-corrected chi connectivity index (χ4v) is 0. The molecule has 0 bridgehead atoms. The Hall–Kier alpha value is 2.71.